The van der Waals surface area contributed by atoms with Gasteiger partial charge < -0.3 is 15.7 Å². The molecule has 2 rings (SSSR count). The summed E-state index contributed by atoms with van der Waals surface area (Å²) in [5, 5.41) is 15.7. The van der Waals surface area contributed by atoms with Crippen molar-refractivity contribution in [1.29, 1.82) is 0 Å². The molecule has 1 heterocycles. The molecule has 0 unspecified atom stereocenters. The van der Waals surface area contributed by atoms with Crippen molar-refractivity contribution in [1.82, 2.24) is 10.6 Å². The first kappa shape index (κ1) is 9.93. The fraction of sp³-hybridized carbons (Fsp3) is 0.900. The lowest BCUT2D eigenvalue weighted by Gasteiger charge is -2.37. The molecule has 0 aromatic heterocycles. The molecule has 2 aliphatic rings. The summed E-state index contributed by atoms with van der Waals surface area (Å²) >= 11 is 0. The highest BCUT2D eigenvalue weighted by Gasteiger charge is 2.36. The Labute approximate surface area is 84.1 Å². The van der Waals surface area contributed by atoms with E-state index in [-0.39, 0.29) is 12.3 Å². The van der Waals surface area contributed by atoms with Crippen molar-refractivity contribution in [2.45, 2.75) is 43.7 Å². The number of hydrogen-bond donors (Lipinski definition) is 3. The van der Waals surface area contributed by atoms with Crippen LogP contribution in [0.1, 0.15) is 32.1 Å². The van der Waals surface area contributed by atoms with Crippen LogP contribution in [0.15, 0.2) is 0 Å². The summed E-state index contributed by atoms with van der Waals surface area (Å²) in [5.74, 6) is 0.000833. The van der Waals surface area contributed by atoms with Gasteiger partial charge in [0, 0.05) is 19.1 Å². The second-order valence-electron chi connectivity index (χ2n) is 4.55. The minimum Gasteiger partial charge on any atom is -0.387 e. The summed E-state index contributed by atoms with van der Waals surface area (Å²) in [6.45, 7) is 1.09. The lowest BCUT2D eigenvalue weighted by Crippen LogP contribution is -2.61. The van der Waals surface area contributed by atoms with E-state index in [0.717, 1.165) is 12.8 Å². The van der Waals surface area contributed by atoms with E-state index in [2.05, 4.69) is 10.6 Å². The van der Waals surface area contributed by atoms with Gasteiger partial charge in [0.1, 0.15) is 0 Å². The van der Waals surface area contributed by atoms with Gasteiger partial charge in [-0.2, -0.15) is 0 Å². The van der Waals surface area contributed by atoms with Gasteiger partial charge in [0.2, 0.25) is 5.91 Å². The van der Waals surface area contributed by atoms with Gasteiger partial charge in [0.25, 0.3) is 0 Å². The first-order valence-electron chi connectivity index (χ1n) is 5.40. The third kappa shape index (κ3) is 2.25. The zero-order valence-electron chi connectivity index (χ0n) is 8.38. The van der Waals surface area contributed by atoms with Crippen molar-refractivity contribution in [3.63, 3.8) is 0 Å². The molecule has 4 nitrogen and oxygen atoms in total. The molecule has 80 valence electrons. The number of amides is 1. The second kappa shape index (κ2) is 3.87. The van der Waals surface area contributed by atoms with Crippen molar-refractivity contribution in [3.05, 3.63) is 0 Å². The van der Waals surface area contributed by atoms with E-state index in [4.69, 9.17) is 0 Å². The molecule has 0 aromatic rings. The van der Waals surface area contributed by atoms with Crippen LogP contribution in [0.5, 0.6) is 0 Å². The van der Waals surface area contributed by atoms with Crippen LogP contribution in [0.4, 0.5) is 0 Å². The molecule has 4 heteroatoms. The summed E-state index contributed by atoms with van der Waals surface area (Å²) in [6.07, 6.45) is 4.88. The maximum absolute atomic E-state index is 11.5. The van der Waals surface area contributed by atoms with E-state index in [1.807, 2.05) is 0 Å². The van der Waals surface area contributed by atoms with Gasteiger partial charge in [0.05, 0.1) is 12.0 Å². The highest BCUT2D eigenvalue weighted by molar-refractivity contribution is 5.77. The molecule has 14 heavy (non-hydrogen) atoms. The molecule has 0 radical (unpaired) electrons. The Balaban J connectivity index is 1.72. The Morgan fingerprint density at radius 3 is 2.57 bits per heavy atom. The molecule has 3 N–H and O–H groups in total. The van der Waals surface area contributed by atoms with Gasteiger partial charge >= 0.3 is 0 Å². The number of carbonyl (C=O) groups excluding carboxylic acids is 1. The Hall–Kier alpha value is -0.610. The van der Waals surface area contributed by atoms with Crippen LogP contribution in [-0.4, -0.2) is 35.7 Å². The topological polar surface area (TPSA) is 61.4 Å². The fourth-order valence-corrected chi connectivity index (χ4v) is 2.19. The standard InChI is InChI=1S/C10H18N2O2/c13-9(5-10(14)6-11-7-10)12-8-3-1-2-4-8/h8,11,14H,1-7H2,(H,12,13). The molecule has 1 saturated heterocycles. The molecule has 1 saturated carbocycles. The minimum atomic E-state index is -0.775. The predicted octanol–water partition coefficient (Wildman–Crippen LogP) is -0.230. The maximum atomic E-state index is 11.5. The van der Waals surface area contributed by atoms with E-state index in [9.17, 15) is 9.90 Å². The quantitative estimate of drug-likeness (QED) is 0.587. The second-order valence-corrected chi connectivity index (χ2v) is 4.55. The highest BCUT2D eigenvalue weighted by Crippen LogP contribution is 2.19. The van der Waals surface area contributed by atoms with Gasteiger partial charge in [-0.05, 0) is 12.8 Å². The lowest BCUT2D eigenvalue weighted by molar-refractivity contribution is -0.128. The first-order valence-corrected chi connectivity index (χ1v) is 5.40. The normalized spacial score (nSPS) is 25.8. The van der Waals surface area contributed by atoms with E-state index in [1.54, 1.807) is 0 Å². The van der Waals surface area contributed by atoms with Crippen LogP contribution >= 0.6 is 0 Å². The summed E-state index contributed by atoms with van der Waals surface area (Å²) in [7, 11) is 0. The Morgan fingerprint density at radius 1 is 1.43 bits per heavy atom. The van der Waals surface area contributed by atoms with E-state index >= 15 is 0 Å². The minimum absolute atomic E-state index is 0.000833. The number of rotatable bonds is 3. The Kier molecular flexibility index (Phi) is 2.74. The van der Waals surface area contributed by atoms with Gasteiger partial charge in [-0.15, -0.1) is 0 Å². The highest BCUT2D eigenvalue weighted by atomic mass is 16.3. The largest absolute Gasteiger partial charge is 0.387 e. The summed E-state index contributed by atoms with van der Waals surface area (Å²) in [4.78, 5) is 11.5. The summed E-state index contributed by atoms with van der Waals surface area (Å²) < 4.78 is 0. The van der Waals surface area contributed by atoms with Crippen LogP contribution in [0.2, 0.25) is 0 Å². The molecule has 0 atom stereocenters. The molecular weight excluding hydrogens is 180 g/mol. The smallest absolute Gasteiger partial charge is 0.223 e. The molecule has 2 fully saturated rings. The predicted molar refractivity (Wildman–Crippen MR) is 52.8 cm³/mol. The van der Waals surface area contributed by atoms with Crippen LogP contribution < -0.4 is 10.6 Å². The van der Waals surface area contributed by atoms with Gasteiger partial charge in [-0.25, -0.2) is 0 Å². The molecule has 1 aliphatic heterocycles. The fourth-order valence-electron chi connectivity index (χ4n) is 2.19. The zero-order valence-corrected chi connectivity index (χ0v) is 8.38. The monoisotopic (exact) mass is 198 g/mol. The van der Waals surface area contributed by atoms with Crippen molar-refractivity contribution in [3.8, 4) is 0 Å². The average molecular weight is 198 g/mol. The summed E-state index contributed by atoms with van der Waals surface area (Å²) in [6, 6.07) is 0.360. The maximum Gasteiger partial charge on any atom is 0.223 e. The van der Waals surface area contributed by atoms with Crippen LogP contribution in [0.25, 0.3) is 0 Å². The van der Waals surface area contributed by atoms with E-state index < -0.39 is 5.60 Å². The van der Waals surface area contributed by atoms with E-state index in [1.165, 1.54) is 12.8 Å². The van der Waals surface area contributed by atoms with Gasteiger partial charge in [-0.1, -0.05) is 12.8 Å². The van der Waals surface area contributed by atoms with Gasteiger partial charge in [-0.3, -0.25) is 4.79 Å². The van der Waals surface area contributed by atoms with Crippen molar-refractivity contribution in [2.75, 3.05) is 13.1 Å². The summed E-state index contributed by atoms with van der Waals surface area (Å²) in [5.41, 5.74) is -0.775. The number of hydrogen-bond acceptors (Lipinski definition) is 3. The van der Waals surface area contributed by atoms with Crippen LogP contribution in [-0.2, 0) is 4.79 Å². The van der Waals surface area contributed by atoms with Crippen molar-refractivity contribution >= 4 is 5.91 Å². The third-order valence-electron chi connectivity index (χ3n) is 3.12. The van der Waals surface area contributed by atoms with Crippen LogP contribution in [0, 0.1) is 0 Å². The first-order chi connectivity index (χ1) is 6.68. The van der Waals surface area contributed by atoms with Crippen molar-refractivity contribution < 1.29 is 9.90 Å². The Morgan fingerprint density at radius 2 is 2.07 bits per heavy atom. The zero-order chi connectivity index (χ0) is 10.0. The van der Waals surface area contributed by atoms with Crippen molar-refractivity contribution in [2.24, 2.45) is 0 Å². The third-order valence-corrected chi connectivity index (χ3v) is 3.12. The van der Waals surface area contributed by atoms with Gasteiger partial charge in [0.15, 0.2) is 0 Å². The lowest BCUT2D eigenvalue weighted by atomic mass is 9.92. The molecular formula is C10H18N2O2. The SMILES string of the molecule is O=C(CC1(O)CNC1)NC1CCCC1. The number of β-amino-alcohol motifs (C(OH)–C–C–N with tert-alkyl or cyclic N) is 1. The molecule has 1 amide bonds. The van der Waals surface area contributed by atoms with Crippen LogP contribution in [0.3, 0.4) is 0 Å². The average Bonchev–Trinajstić information content (AvgIpc) is 2.53. The number of nitrogens with one attached hydrogen (secondary N) is 2. The molecule has 0 spiro atoms. The van der Waals surface area contributed by atoms with E-state index in [0.29, 0.717) is 19.1 Å². The molecule has 0 aromatic carbocycles. The molecule has 1 aliphatic carbocycles. The Bertz CT molecular complexity index is 220. The number of aliphatic hydroxyl groups is 1. The number of carbonyl (C=O) groups is 1. The molecule has 0 bridgehead atoms.